The van der Waals surface area contributed by atoms with Crippen LogP contribution in [0.4, 0.5) is 5.00 Å². The highest BCUT2D eigenvalue weighted by Gasteiger charge is 2.30. The molecule has 5 heterocycles. The standard InChI is InChI=1S/C27H36N8OS/c1-16(2)22-23(20-11-21(36-5)25-28-15-29-35(25)14-20)31-32-24(22)26-30-18(4)27(37-26)34-10-9-33(12-17(34)3)13-19-7-6-8-19/h11,14-17,19H,6-10,12-13H2,1-5H3,(H,31,32). The normalized spacial score (nSPS) is 19.2. The molecule has 4 aromatic heterocycles. The van der Waals surface area contributed by atoms with E-state index in [-0.39, 0.29) is 5.92 Å². The van der Waals surface area contributed by atoms with E-state index in [1.165, 1.54) is 37.1 Å². The van der Waals surface area contributed by atoms with Crippen LogP contribution in [0.15, 0.2) is 18.6 Å². The van der Waals surface area contributed by atoms with Crippen LogP contribution in [-0.2, 0) is 0 Å². The molecule has 37 heavy (non-hydrogen) atoms. The quantitative estimate of drug-likeness (QED) is 0.367. The fourth-order valence-electron chi connectivity index (χ4n) is 5.78. The zero-order valence-corrected chi connectivity index (χ0v) is 23.2. The van der Waals surface area contributed by atoms with Crippen molar-refractivity contribution in [3.8, 4) is 27.7 Å². The number of nitrogens with one attached hydrogen (secondary N) is 1. The van der Waals surface area contributed by atoms with E-state index in [4.69, 9.17) is 14.8 Å². The highest BCUT2D eigenvalue weighted by molar-refractivity contribution is 7.19. The first-order valence-electron chi connectivity index (χ1n) is 13.4. The van der Waals surface area contributed by atoms with Gasteiger partial charge in [-0.15, -0.1) is 0 Å². The van der Waals surface area contributed by atoms with Gasteiger partial charge in [0.05, 0.1) is 18.5 Å². The van der Waals surface area contributed by atoms with E-state index in [0.29, 0.717) is 17.4 Å². The lowest BCUT2D eigenvalue weighted by Gasteiger charge is -2.43. The Bertz CT molecular complexity index is 1400. The fourth-order valence-corrected chi connectivity index (χ4v) is 6.98. The summed E-state index contributed by atoms with van der Waals surface area (Å²) in [5, 5.41) is 14.7. The summed E-state index contributed by atoms with van der Waals surface area (Å²) < 4.78 is 7.34. The molecule has 1 atom stereocenters. The maximum absolute atomic E-state index is 5.60. The molecule has 0 amide bonds. The van der Waals surface area contributed by atoms with Gasteiger partial charge in [-0.3, -0.25) is 10.00 Å². The summed E-state index contributed by atoms with van der Waals surface area (Å²) in [6.07, 6.45) is 7.75. The van der Waals surface area contributed by atoms with Gasteiger partial charge < -0.3 is 9.64 Å². The van der Waals surface area contributed by atoms with Gasteiger partial charge in [-0.1, -0.05) is 31.6 Å². The first-order chi connectivity index (χ1) is 17.9. The summed E-state index contributed by atoms with van der Waals surface area (Å²) in [5.41, 5.74) is 5.79. The minimum atomic E-state index is 0.253. The Balaban J connectivity index is 1.30. The maximum Gasteiger partial charge on any atom is 0.197 e. The SMILES string of the molecule is COc1cc(-c2[nH]nc(-c3nc(C)c(N4CCN(CC5CCC5)CC4C)s3)c2C(C)C)cn2ncnc12. The van der Waals surface area contributed by atoms with Crippen LogP contribution in [0.25, 0.3) is 27.6 Å². The molecule has 1 unspecified atom stereocenters. The number of rotatable bonds is 7. The van der Waals surface area contributed by atoms with Crippen LogP contribution in [0.5, 0.6) is 5.75 Å². The lowest BCUT2D eigenvalue weighted by molar-refractivity contribution is 0.156. The highest BCUT2D eigenvalue weighted by Crippen LogP contribution is 2.41. The predicted molar refractivity (Wildman–Crippen MR) is 148 cm³/mol. The maximum atomic E-state index is 5.60. The number of anilines is 1. The molecule has 10 heteroatoms. The highest BCUT2D eigenvalue weighted by atomic mass is 32.1. The number of fused-ring (bicyclic) bond motifs is 1. The topological polar surface area (TPSA) is 87.5 Å². The average Bonchev–Trinajstić information content (AvgIpc) is 3.58. The van der Waals surface area contributed by atoms with Crippen LogP contribution in [0.2, 0.25) is 0 Å². The van der Waals surface area contributed by atoms with Crippen LogP contribution >= 0.6 is 11.3 Å². The molecule has 0 bridgehead atoms. The first-order valence-corrected chi connectivity index (χ1v) is 14.2. The van der Waals surface area contributed by atoms with Gasteiger partial charge in [-0.25, -0.2) is 14.5 Å². The number of aryl methyl sites for hydroxylation is 1. The van der Waals surface area contributed by atoms with E-state index >= 15 is 0 Å². The van der Waals surface area contributed by atoms with Crippen molar-refractivity contribution < 1.29 is 4.74 Å². The summed E-state index contributed by atoms with van der Waals surface area (Å²) in [5.74, 6) is 1.85. The van der Waals surface area contributed by atoms with Crippen molar-refractivity contribution in [2.75, 3.05) is 38.2 Å². The summed E-state index contributed by atoms with van der Waals surface area (Å²) in [4.78, 5) is 14.6. The van der Waals surface area contributed by atoms with Crippen molar-refractivity contribution in [1.29, 1.82) is 0 Å². The zero-order chi connectivity index (χ0) is 25.7. The number of H-pyrrole nitrogens is 1. The molecule has 0 aromatic carbocycles. The molecule has 2 aliphatic rings. The molecular weight excluding hydrogens is 484 g/mol. The molecule has 2 fully saturated rings. The Hall–Kier alpha value is -2.98. The van der Waals surface area contributed by atoms with Gasteiger partial charge in [0.15, 0.2) is 11.4 Å². The summed E-state index contributed by atoms with van der Waals surface area (Å²) >= 11 is 1.77. The number of thiazole rings is 1. The summed E-state index contributed by atoms with van der Waals surface area (Å²) in [7, 11) is 1.66. The number of hydrogen-bond donors (Lipinski definition) is 1. The van der Waals surface area contributed by atoms with Gasteiger partial charge in [0, 0.05) is 49.5 Å². The number of pyridine rings is 1. The Morgan fingerprint density at radius 2 is 2.08 bits per heavy atom. The van der Waals surface area contributed by atoms with Gasteiger partial charge in [-0.2, -0.15) is 10.2 Å². The minimum Gasteiger partial charge on any atom is -0.493 e. The molecule has 9 nitrogen and oxygen atoms in total. The number of aromatic nitrogens is 6. The molecule has 196 valence electrons. The summed E-state index contributed by atoms with van der Waals surface area (Å²) in [6.45, 7) is 13.5. The van der Waals surface area contributed by atoms with Gasteiger partial charge in [0.1, 0.15) is 22.0 Å². The largest absolute Gasteiger partial charge is 0.493 e. The Morgan fingerprint density at radius 3 is 2.78 bits per heavy atom. The molecule has 0 spiro atoms. The molecule has 1 saturated heterocycles. The smallest absolute Gasteiger partial charge is 0.197 e. The van der Waals surface area contributed by atoms with Crippen LogP contribution in [0.1, 0.15) is 57.2 Å². The van der Waals surface area contributed by atoms with Crippen molar-refractivity contribution in [3.63, 3.8) is 0 Å². The number of ether oxygens (including phenoxy) is 1. The lowest BCUT2D eigenvalue weighted by atomic mass is 9.85. The van der Waals surface area contributed by atoms with Gasteiger partial charge in [0.25, 0.3) is 0 Å². The van der Waals surface area contributed by atoms with E-state index in [9.17, 15) is 0 Å². The van der Waals surface area contributed by atoms with Crippen LogP contribution in [-0.4, -0.2) is 74.0 Å². The fraction of sp³-hybridized carbons (Fsp3) is 0.556. The van der Waals surface area contributed by atoms with E-state index in [2.05, 4.69) is 52.7 Å². The van der Waals surface area contributed by atoms with Crippen molar-refractivity contribution in [2.24, 2.45) is 5.92 Å². The molecule has 0 radical (unpaired) electrons. The average molecular weight is 521 g/mol. The van der Waals surface area contributed by atoms with Gasteiger partial charge in [-0.05, 0) is 44.6 Å². The lowest BCUT2D eigenvalue weighted by Crippen LogP contribution is -2.53. The van der Waals surface area contributed by atoms with Gasteiger partial charge in [0.2, 0.25) is 0 Å². The van der Waals surface area contributed by atoms with Crippen LogP contribution in [0.3, 0.4) is 0 Å². The molecule has 1 saturated carbocycles. The number of aromatic amines is 1. The van der Waals surface area contributed by atoms with Crippen molar-refractivity contribution >= 4 is 22.0 Å². The zero-order valence-electron chi connectivity index (χ0n) is 22.4. The van der Waals surface area contributed by atoms with E-state index in [1.54, 1.807) is 23.0 Å². The number of methoxy groups -OCH3 is 1. The Kier molecular flexibility index (Phi) is 6.40. The minimum absolute atomic E-state index is 0.253. The second-order valence-corrected chi connectivity index (χ2v) is 11.8. The van der Waals surface area contributed by atoms with E-state index < -0.39 is 0 Å². The monoisotopic (exact) mass is 520 g/mol. The molecular formula is C27H36N8OS. The second kappa shape index (κ2) is 9.72. The van der Waals surface area contributed by atoms with E-state index in [0.717, 1.165) is 58.8 Å². The third kappa shape index (κ3) is 4.40. The van der Waals surface area contributed by atoms with Crippen LogP contribution < -0.4 is 9.64 Å². The predicted octanol–water partition coefficient (Wildman–Crippen LogP) is 4.99. The van der Waals surface area contributed by atoms with Crippen molar-refractivity contribution in [1.82, 2.24) is 34.7 Å². The van der Waals surface area contributed by atoms with Crippen molar-refractivity contribution in [3.05, 3.63) is 29.8 Å². The van der Waals surface area contributed by atoms with Crippen LogP contribution in [0, 0.1) is 12.8 Å². The molecule has 1 aliphatic carbocycles. The molecule has 6 rings (SSSR count). The number of hydrogen-bond acceptors (Lipinski definition) is 8. The molecule has 1 aliphatic heterocycles. The first kappa shape index (κ1) is 24.4. The van der Waals surface area contributed by atoms with E-state index in [1.807, 2.05) is 12.3 Å². The third-order valence-corrected chi connectivity index (χ3v) is 9.12. The molecule has 1 N–H and O–H groups in total. The van der Waals surface area contributed by atoms with Gasteiger partial charge >= 0.3 is 0 Å². The Morgan fingerprint density at radius 1 is 1.24 bits per heavy atom. The van der Waals surface area contributed by atoms with Crippen molar-refractivity contribution in [2.45, 2.75) is 58.9 Å². The number of nitrogens with zero attached hydrogens (tertiary/aromatic N) is 7. The molecule has 4 aromatic rings. The third-order valence-electron chi connectivity index (χ3n) is 7.92. The number of piperazine rings is 1. The summed E-state index contributed by atoms with van der Waals surface area (Å²) in [6, 6.07) is 2.47. The second-order valence-electron chi connectivity index (χ2n) is 10.8. The Labute approximate surface area is 221 Å².